The molecule has 0 bridgehead atoms. The first kappa shape index (κ1) is 18.1. The molecule has 7 heteroatoms. The molecule has 0 radical (unpaired) electrons. The van der Waals surface area contributed by atoms with E-state index in [-0.39, 0.29) is 5.97 Å². The molecule has 130 valence electrons. The Labute approximate surface area is 159 Å². The minimum atomic E-state index is -0.475. The summed E-state index contributed by atoms with van der Waals surface area (Å²) in [6, 6.07) is 13.1. The van der Waals surface area contributed by atoms with Gasteiger partial charge in [0.05, 0.1) is 27.7 Å². The number of halogens is 2. The predicted molar refractivity (Wildman–Crippen MR) is 103 cm³/mol. The number of thioether (sulfide) groups is 1. The summed E-state index contributed by atoms with van der Waals surface area (Å²) in [5, 5.41) is 1.12. The Morgan fingerprint density at radius 1 is 1.24 bits per heavy atom. The van der Waals surface area contributed by atoms with Crippen LogP contribution in [-0.4, -0.2) is 27.8 Å². The van der Waals surface area contributed by atoms with Crippen molar-refractivity contribution in [3.63, 3.8) is 0 Å². The largest absolute Gasteiger partial charge is 0.465 e. The van der Waals surface area contributed by atoms with Crippen molar-refractivity contribution in [2.75, 3.05) is 6.61 Å². The summed E-state index contributed by atoms with van der Waals surface area (Å²) in [4.78, 5) is 20.1. The Bertz CT molecular complexity index is 865. The van der Waals surface area contributed by atoms with E-state index in [1.807, 2.05) is 36.4 Å². The number of H-pyrrole nitrogens is 1. The quantitative estimate of drug-likeness (QED) is 0.464. The number of hydrogen-bond donors (Lipinski definition) is 1. The number of para-hydroxylation sites is 2. The van der Waals surface area contributed by atoms with Gasteiger partial charge in [0.25, 0.3) is 0 Å². The summed E-state index contributed by atoms with van der Waals surface area (Å²) in [7, 11) is 0. The molecule has 4 nitrogen and oxygen atoms in total. The maximum absolute atomic E-state index is 12.4. The lowest BCUT2D eigenvalue weighted by Gasteiger charge is -2.15. The molecule has 1 unspecified atom stereocenters. The Morgan fingerprint density at radius 2 is 2.04 bits per heavy atom. The van der Waals surface area contributed by atoms with Crippen LogP contribution in [0.4, 0.5) is 0 Å². The number of hydrogen-bond acceptors (Lipinski definition) is 4. The second kappa shape index (κ2) is 8.13. The minimum absolute atomic E-state index is 0.302. The standard InChI is InChI=1S/C18H16Cl2N2O2S/c1-2-24-17(23)15(10-11-6-5-7-12(19)16(11)20)25-18-21-13-8-3-4-9-14(13)22-18/h3-9,15H,2,10H2,1H3,(H,21,22). The summed E-state index contributed by atoms with van der Waals surface area (Å²) < 4.78 is 5.22. The van der Waals surface area contributed by atoms with Gasteiger partial charge in [-0.1, -0.05) is 59.2 Å². The predicted octanol–water partition coefficient (Wildman–Crippen LogP) is 5.14. The minimum Gasteiger partial charge on any atom is -0.465 e. The van der Waals surface area contributed by atoms with Crippen LogP contribution in [0.15, 0.2) is 47.6 Å². The molecule has 0 aliphatic rings. The molecular weight excluding hydrogens is 379 g/mol. The smallest absolute Gasteiger partial charge is 0.319 e. The molecule has 1 N–H and O–H groups in total. The van der Waals surface area contributed by atoms with Crippen LogP contribution in [-0.2, 0) is 16.0 Å². The van der Waals surface area contributed by atoms with Gasteiger partial charge in [0.15, 0.2) is 5.16 Å². The Morgan fingerprint density at radius 3 is 2.80 bits per heavy atom. The highest BCUT2D eigenvalue weighted by Crippen LogP contribution is 2.31. The Balaban J connectivity index is 1.86. The van der Waals surface area contributed by atoms with Crippen molar-refractivity contribution in [1.82, 2.24) is 9.97 Å². The zero-order valence-electron chi connectivity index (χ0n) is 13.5. The number of imidazole rings is 1. The lowest BCUT2D eigenvalue weighted by atomic mass is 10.1. The number of benzene rings is 2. The summed E-state index contributed by atoms with van der Waals surface area (Å²) in [5.74, 6) is -0.302. The monoisotopic (exact) mass is 394 g/mol. The lowest BCUT2D eigenvalue weighted by molar-refractivity contribution is -0.142. The summed E-state index contributed by atoms with van der Waals surface area (Å²) >= 11 is 13.7. The van der Waals surface area contributed by atoms with Crippen molar-refractivity contribution < 1.29 is 9.53 Å². The fourth-order valence-electron chi connectivity index (χ4n) is 2.43. The van der Waals surface area contributed by atoms with E-state index in [9.17, 15) is 4.79 Å². The van der Waals surface area contributed by atoms with Crippen molar-refractivity contribution in [3.8, 4) is 0 Å². The van der Waals surface area contributed by atoms with Crippen LogP contribution in [0, 0.1) is 0 Å². The van der Waals surface area contributed by atoms with Gasteiger partial charge in [-0.3, -0.25) is 4.79 Å². The molecule has 0 aliphatic heterocycles. The molecule has 25 heavy (non-hydrogen) atoms. The van der Waals surface area contributed by atoms with E-state index < -0.39 is 5.25 Å². The maximum atomic E-state index is 12.4. The van der Waals surface area contributed by atoms with E-state index >= 15 is 0 Å². The third kappa shape index (κ3) is 4.29. The second-order valence-electron chi connectivity index (χ2n) is 5.33. The fourth-order valence-corrected chi connectivity index (χ4v) is 3.85. The van der Waals surface area contributed by atoms with Crippen LogP contribution >= 0.6 is 35.0 Å². The molecule has 1 aromatic heterocycles. The Kier molecular flexibility index (Phi) is 5.89. The van der Waals surface area contributed by atoms with Gasteiger partial charge in [0, 0.05) is 0 Å². The first-order valence-electron chi connectivity index (χ1n) is 7.79. The van der Waals surface area contributed by atoms with E-state index in [2.05, 4.69) is 9.97 Å². The number of carbonyl (C=O) groups excluding carboxylic acids is 1. The highest BCUT2D eigenvalue weighted by Gasteiger charge is 2.24. The number of rotatable bonds is 6. The molecule has 0 spiro atoms. The highest BCUT2D eigenvalue weighted by atomic mass is 35.5. The van der Waals surface area contributed by atoms with E-state index in [4.69, 9.17) is 27.9 Å². The SMILES string of the molecule is CCOC(=O)C(Cc1cccc(Cl)c1Cl)Sc1nc2ccccc2[nH]1. The summed E-state index contributed by atoms with van der Waals surface area (Å²) in [5.41, 5.74) is 2.58. The van der Waals surface area contributed by atoms with Crippen LogP contribution in [0.25, 0.3) is 11.0 Å². The number of fused-ring (bicyclic) bond motifs is 1. The van der Waals surface area contributed by atoms with Crippen LogP contribution in [0.3, 0.4) is 0 Å². The molecular formula is C18H16Cl2N2O2S. The van der Waals surface area contributed by atoms with Gasteiger partial charge in [-0.05, 0) is 37.1 Å². The van der Waals surface area contributed by atoms with Crippen molar-refractivity contribution in [3.05, 3.63) is 58.1 Å². The summed E-state index contributed by atoms with van der Waals surface area (Å²) in [6.45, 7) is 2.10. The number of ether oxygens (including phenoxy) is 1. The number of esters is 1. The van der Waals surface area contributed by atoms with Crippen LogP contribution in [0.5, 0.6) is 0 Å². The van der Waals surface area contributed by atoms with Gasteiger partial charge < -0.3 is 9.72 Å². The van der Waals surface area contributed by atoms with Gasteiger partial charge >= 0.3 is 5.97 Å². The van der Waals surface area contributed by atoms with Crippen LogP contribution in [0.2, 0.25) is 10.0 Å². The van der Waals surface area contributed by atoms with Crippen molar-refractivity contribution in [2.45, 2.75) is 23.8 Å². The third-order valence-corrected chi connectivity index (χ3v) is 5.53. The van der Waals surface area contributed by atoms with Crippen molar-refractivity contribution in [2.24, 2.45) is 0 Å². The average molecular weight is 395 g/mol. The fraction of sp³-hybridized carbons (Fsp3) is 0.222. The van der Waals surface area contributed by atoms with Gasteiger partial charge in [-0.25, -0.2) is 4.98 Å². The average Bonchev–Trinajstić information content (AvgIpc) is 3.01. The maximum Gasteiger partial charge on any atom is 0.319 e. The number of aromatic nitrogens is 2. The highest BCUT2D eigenvalue weighted by molar-refractivity contribution is 8.00. The molecule has 0 saturated heterocycles. The normalized spacial score (nSPS) is 12.3. The first-order valence-corrected chi connectivity index (χ1v) is 9.43. The first-order chi connectivity index (χ1) is 12.1. The van der Waals surface area contributed by atoms with E-state index in [1.165, 1.54) is 11.8 Å². The second-order valence-corrected chi connectivity index (χ2v) is 7.31. The van der Waals surface area contributed by atoms with Crippen molar-refractivity contribution in [1.29, 1.82) is 0 Å². The van der Waals surface area contributed by atoms with Gasteiger partial charge in [-0.2, -0.15) is 0 Å². The molecule has 2 aromatic carbocycles. The van der Waals surface area contributed by atoms with E-state index in [1.54, 1.807) is 13.0 Å². The number of carbonyl (C=O) groups is 1. The summed E-state index contributed by atoms with van der Waals surface area (Å²) in [6.07, 6.45) is 0.403. The van der Waals surface area contributed by atoms with Crippen LogP contribution in [0.1, 0.15) is 12.5 Å². The lowest BCUT2D eigenvalue weighted by Crippen LogP contribution is -2.23. The molecule has 0 aliphatic carbocycles. The number of nitrogens with zero attached hydrogens (tertiary/aromatic N) is 1. The molecule has 0 fully saturated rings. The van der Waals surface area contributed by atoms with Crippen molar-refractivity contribution >= 4 is 52.0 Å². The molecule has 1 heterocycles. The number of aromatic amines is 1. The third-order valence-electron chi connectivity index (χ3n) is 3.61. The number of nitrogens with one attached hydrogen (secondary N) is 1. The molecule has 1 atom stereocenters. The van der Waals surface area contributed by atoms with Gasteiger partial charge in [0.2, 0.25) is 0 Å². The topological polar surface area (TPSA) is 55.0 Å². The molecule has 3 rings (SSSR count). The van der Waals surface area contributed by atoms with E-state index in [0.29, 0.717) is 28.2 Å². The molecule has 0 amide bonds. The Hall–Kier alpha value is -1.69. The molecule has 0 saturated carbocycles. The van der Waals surface area contributed by atoms with Gasteiger partial charge in [-0.15, -0.1) is 0 Å². The van der Waals surface area contributed by atoms with E-state index in [0.717, 1.165) is 16.6 Å². The van der Waals surface area contributed by atoms with Gasteiger partial charge in [0.1, 0.15) is 5.25 Å². The molecule has 3 aromatic rings. The zero-order valence-corrected chi connectivity index (χ0v) is 15.8. The van der Waals surface area contributed by atoms with Crippen LogP contribution < -0.4 is 0 Å². The zero-order chi connectivity index (χ0) is 17.8.